The van der Waals surface area contributed by atoms with Crippen LogP contribution in [0, 0.1) is 29.1 Å². The van der Waals surface area contributed by atoms with E-state index in [1.807, 2.05) is 0 Å². The lowest BCUT2D eigenvalue weighted by Gasteiger charge is -2.57. The van der Waals surface area contributed by atoms with Crippen LogP contribution in [0.2, 0.25) is 0 Å². The molecule has 0 spiro atoms. The van der Waals surface area contributed by atoms with Crippen molar-refractivity contribution >= 4 is 5.57 Å². The summed E-state index contributed by atoms with van der Waals surface area (Å²) < 4.78 is 0. The maximum atomic E-state index is 5.35. The van der Waals surface area contributed by atoms with Crippen LogP contribution in [0.1, 0.15) is 107 Å². The van der Waals surface area contributed by atoms with Crippen molar-refractivity contribution in [2.75, 3.05) is 0 Å². The monoisotopic (exact) mass is 747 g/mol. The van der Waals surface area contributed by atoms with Crippen LogP contribution in [-0.2, 0) is 17.3 Å². The Morgan fingerprint density at radius 1 is 0.684 bits per heavy atom. The molecule has 57 heavy (non-hydrogen) atoms. The Kier molecular flexibility index (Phi) is 9.27. The van der Waals surface area contributed by atoms with Gasteiger partial charge in [-0.1, -0.05) is 160 Å². The number of rotatable bonds is 6. The predicted octanol–water partition coefficient (Wildman–Crippen LogP) is 13.3. The summed E-state index contributed by atoms with van der Waals surface area (Å²) in [4.78, 5) is 15.8. The average Bonchev–Trinajstić information content (AvgIpc) is 3.31. The summed E-state index contributed by atoms with van der Waals surface area (Å²) in [7, 11) is 0. The minimum atomic E-state index is -0.178. The van der Waals surface area contributed by atoms with Crippen molar-refractivity contribution in [2.24, 2.45) is 29.1 Å². The van der Waals surface area contributed by atoms with Gasteiger partial charge in [-0.15, -0.1) is 0 Å². The number of aromatic nitrogens is 3. The van der Waals surface area contributed by atoms with Gasteiger partial charge in [0.15, 0.2) is 17.5 Å². The van der Waals surface area contributed by atoms with E-state index in [1.165, 1.54) is 49.7 Å². The Balaban J connectivity index is 1.21. The Hall–Kier alpha value is -4.89. The first kappa shape index (κ1) is 36.5. The molecule has 0 saturated heterocycles. The highest BCUT2D eigenvalue weighted by Gasteiger charge is 2.52. The molecule has 11 rings (SSSR count). The maximum Gasteiger partial charge on any atom is 0.164 e. The van der Waals surface area contributed by atoms with E-state index < -0.39 is 0 Å². The van der Waals surface area contributed by atoms with Gasteiger partial charge in [-0.2, -0.15) is 0 Å². The van der Waals surface area contributed by atoms with Crippen molar-refractivity contribution in [3.8, 4) is 22.8 Å². The zero-order valence-corrected chi connectivity index (χ0v) is 34.1. The second-order valence-corrected chi connectivity index (χ2v) is 19.4. The number of hydrogen-bond acceptors (Lipinski definition) is 3. The highest BCUT2D eigenvalue weighted by atomic mass is 15.0. The largest absolute Gasteiger partial charge is 0.209 e. The van der Waals surface area contributed by atoms with Crippen LogP contribution >= 0.6 is 0 Å². The number of fused-ring (bicyclic) bond motifs is 1. The quantitative estimate of drug-likeness (QED) is 0.197. The second kappa shape index (κ2) is 14.5. The van der Waals surface area contributed by atoms with E-state index in [-0.39, 0.29) is 10.8 Å². The Morgan fingerprint density at radius 3 is 1.91 bits per heavy atom. The summed E-state index contributed by atoms with van der Waals surface area (Å²) in [5.74, 6) is 5.25. The standard InChI is InChI=1S/C54H57N3/c1-52(2,3)46-26-27-54(44-20-12-6-13-21-44,45-22-14-7-15-23-45)48-33-47(53-34-37-28-38(35-53)30-39(29-37)36-53)25-24-42(48)31-43(32-46)51-56-49(40-16-8-4-9-17-40)55-50(57-51)41-18-10-5-11-19-41/h4-14,16-20,22,24-26,32-33,37-39,44H,15,21,23,27-31,34-36H2,1-3H3/b43-32+,46-26+. The molecule has 4 aromatic rings. The topological polar surface area (TPSA) is 38.7 Å². The molecule has 4 bridgehead atoms. The lowest BCUT2D eigenvalue weighted by molar-refractivity contribution is -0.00526. The normalized spacial score (nSPS) is 31.0. The smallest absolute Gasteiger partial charge is 0.164 e. The zero-order valence-electron chi connectivity index (χ0n) is 34.1. The Morgan fingerprint density at radius 2 is 1.33 bits per heavy atom. The summed E-state index contributed by atoms with van der Waals surface area (Å²) in [6.07, 6.45) is 35.3. The highest BCUT2D eigenvalue weighted by Crippen LogP contribution is 2.62. The maximum absolute atomic E-state index is 5.35. The SMILES string of the molecule is CC(C)(C)C1=C/CC(C2=CC=CCC2)(C2C=CC=CC2)c2cc(C34CC5CC(CC(C5)C3)C4)ccc2C/C(c2nc(-c3ccccc3)nc(-c3ccccc3)n2)=C\1. The summed E-state index contributed by atoms with van der Waals surface area (Å²) in [6, 6.07) is 28.8. The fraction of sp³-hybridized carbons (Fsp3) is 0.389. The fourth-order valence-electron chi connectivity index (χ4n) is 12.3. The van der Waals surface area contributed by atoms with E-state index in [0.29, 0.717) is 23.0 Å². The summed E-state index contributed by atoms with van der Waals surface area (Å²) in [6.45, 7) is 7.11. The van der Waals surface area contributed by atoms with Crippen LogP contribution in [0.15, 0.2) is 145 Å². The molecule has 1 aromatic heterocycles. The van der Waals surface area contributed by atoms with E-state index in [0.717, 1.165) is 72.4 Å². The molecule has 2 atom stereocenters. The molecule has 2 unspecified atom stereocenters. The zero-order chi connectivity index (χ0) is 38.6. The first-order valence-corrected chi connectivity index (χ1v) is 21.9. The van der Waals surface area contributed by atoms with Gasteiger partial charge in [0.2, 0.25) is 0 Å². The van der Waals surface area contributed by atoms with Gasteiger partial charge in [-0.05, 0) is 121 Å². The van der Waals surface area contributed by atoms with Gasteiger partial charge < -0.3 is 0 Å². The van der Waals surface area contributed by atoms with Gasteiger partial charge >= 0.3 is 0 Å². The molecular weight excluding hydrogens is 691 g/mol. The first-order valence-electron chi connectivity index (χ1n) is 21.9. The molecule has 288 valence electrons. The third-order valence-electron chi connectivity index (χ3n) is 14.6. The van der Waals surface area contributed by atoms with Crippen molar-refractivity contribution in [3.05, 3.63) is 167 Å². The summed E-state index contributed by atoms with van der Waals surface area (Å²) in [5.41, 5.74) is 10.7. The van der Waals surface area contributed by atoms with Crippen molar-refractivity contribution in [1.29, 1.82) is 0 Å². The number of benzene rings is 3. The lowest BCUT2D eigenvalue weighted by Crippen LogP contribution is -2.48. The van der Waals surface area contributed by atoms with Gasteiger partial charge in [0.25, 0.3) is 0 Å². The van der Waals surface area contributed by atoms with E-state index in [9.17, 15) is 0 Å². The molecule has 0 radical (unpaired) electrons. The molecule has 1 heterocycles. The van der Waals surface area contributed by atoms with E-state index in [1.54, 1.807) is 16.7 Å². The number of nitrogens with zero attached hydrogens (tertiary/aromatic N) is 3. The van der Waals surface area contributed by atoms with E-state index in [4.69, 9.17) is 15.0 Å². The molecule has 7 aliphatic rings. The average molecular weight is 748 g/mol. The third-order valence-corrected chi connectivity index (χ3v) is 14.6. The van der Waals surface area contributed by atoms with Crippen LogP contribution in [0.4, 0.5) is 0 Å². The van der Waals surface area contributed by atoms with E-state index >= 15 is 0 Å². The minimum absolute atomic E-state index is 0.0847. The molecule has 3 heteroatoms. The third kappa shape index (κ3) is 6.75. The summed E-state index contributed by atoms with van der Waals surface area (Å²) in [5, 5.41) is 0. The van der Waals surface area contributed by atoms with Crippen molar-refractivity contribution < 1.29 is 0 Å². The first-order chi connectivity index (χ1) is 27.8. The molecule has 0 N–H and O–H groups in total. The van der Waals surface area contributed by atoms with Gasteiger partial charge in [0.1, 0.15) is 0 Å². The van der Waals surface area contributed by atoms with Gasteiger partial charge in [0.05, 0.1) is 0 Å². The number of hydrogen-bond donors (Lipinski definition) is 0. The Labute approximate surface area is 340 Å². The molecule has 0 amide bonds. The molecular formula is C54H57N3. The minimum Gasteiger partial charge on any atom is -0.209 e. The van der Waals surface area contributed by atoms with Gasteiger partial charge in [-0.3, -0.25) is 0 Å². The molecule has 4 saturated carbocycles. The summed E-state index contributed by atoms with van der Waals surface area (Å²) >= 11 is 0. The fourth-order valence-corrected chi connectivity index (χ4v) is 12.3. The van der Waals surface area contributed by atoms with Crippen molar-refractivity contribution in [3.63, 3.8) is 0 Å². The highest BCUT2D eigenvalue weighted by molar-refractivity contribution is 5.72. The number of allylic oxidation sites excluding steroid dienone is 12. The Bertz CT molecular complexity index is 2250. The lowest BCUT2D eigenvalue weighted by atomic mass is 9.47. The van der Waals surface area contributed by atoms with Crippen molar-refractivity contribution in [1.82, 2.24) is 15.0 Å². The molecule has 3 aromatic carbocycles. The molecule has 3 nitrogen and oxygen atoms in total. The van der Waals surface area contributed by atoms with Crippen LogP contribution < -0.4 is 0 Å². The molecule has 4 fully saturated rings. The molecule has 7 aliphatic carbocycles. The van der Waals surface area contributed by atoms with Gasteiger partial charge in [-0.25, -0.2) is 15.0 Å². The van der Waals surface area contributed by atoms with Gasteiger partial charge in [0, 0.05) is 28.5 Å². The molecule has 0 aliphatic heterocycles. The van der Waals surface area contributed by atoms with Crippen LogP contribution in [0.25, 0.3) is 28.3 Å². The van der Waals surface area contributed by atoms with Crippen molar-refractivity contribution in [2.45, 2.75) is 102 Å². The second-order valence-electron chi connectivity index (χ2n) is 19.4. The van der Waals surface area contributed by atoms with Crippen LogP contribution in [0.5, 0.6) is 0 Å². The predicted molar refractivity (Wildman–Crippen MR) is 235 cm³/mol. The van der Waals surface area contributed by atoms with E-state index in [2.05, 4.69) is 154 Å². The van der Waals surface area contributed by atoms with Crippen LogP contribution in [0.3, 0.4) is 0 Å². The van der Waals surface area contributed by atoms with Crippen LogP contribution in [-0.4, -0.2) is 15.0 Å².